The second-order valence-electron chi connectivity index (χ2n) is 9.76. The zero-order valence-corrected chi connectivity index (χ0v) is 18.5. The highest BCUT2D eigenvalue weighted by molar-refractivity contribution is 5.89. The van der Waals surface area contributed by atoms with Gasteiger partial charge in [0.2, 0.25) is 0 Å². The van der Waals surface area contributed by atoms with Crippen molar-refractivity contribution >= 4 is 22.8 Å². The molecule has 0 aliphatic heterocycles. The Bertz CT molecular complexity index is 1140. The lowest BCUT2D eigenvalue weighted by Gasteiger charge is -2.21. The number of ether oxygens (including phenoxy) is 1. The van der Waals surface area contributed by atoms with E-state index in [4.69, 9.17) is 15.5 Å². The van der Waals surface area contributed by atoms with Gasteiger partial charge in [-0.3, -0.25) is 4.79 Å². The summed E-state index contributed by atoms with van der Waals surface area (Å²) in [5, 5.41) is 0. The first-order valence-electron chi connectivity index (χ1n) is 10.0. The number of benzene rings is 1. The van der Waals surface area contributed by atoms with Crippen molar-refractivity contribution in [3.63, 3.8) is 0 Å². The third-order valence-corrected chi connectivity index (χ3v) is 4.50. The van der Waals surface area contributed by atoms with Gasteiger partial charge in [0.25, 0.3) is 5.56 Å². The fraction of sp³-hybridized carbons (Fsp3) is 0.435. The number of carbonyl (C=O) groups excluding carboxylic acids is 1. The Balaban J connectivity index is 2.19. The van der Waals surface area contributed by atoms with Gasteiger partial charge in [-0.1, -0.05) is 32.9 Å². The monoisotopic (exact) mass is 410 g/mol. The van der Waals surface area contributed by atoms with Gasteiger partial charge in [-0.15, -0.1) is 0 Å². The lowest BCUT2D eigenvalue weighted by Crippen LogP contribution is -2.29. The molecule has 160 valence electrons. The lowest BCUT2D eigenvalue weighted by molar-refractivity contribution is 0.0538. The summed E-state index contributed by atoms with van der Waals surface area (Å²) in [7, 11) is 0. The minimum absolute atomic E-state index is 0.0506. The van der Waals surface area contributed by atoms with Crippen LogP contribution in [0.15, 0.2) is 41.3 Å². The molecule has 0 fully saturated rings. The summed E-state index contributed by atoms with van der Waals surface area (Å²) in [6, 6.07) is 9.04. The van der Waals surface area contributed by atoms with Gasteiger partial charge in [-0.25, -0.2) is 14.3 Å². The van der Waals surface area contributed by atoms with Crippen molar-refractivity contribution in [1.29, 1.82) is 0 Å². The zero-order chi connectivity index (χ0) is 22.3. The predicted molar refractivity (Wildman–Crippen MR) is 119 cm³/mol. The van der Waals surface area contributed by atoms with Gasteiger partial charge in [0.15, 0.2) is 0 Å². The number of carbonyl (C=O) groups is 1. The van der Waals surface area contributed by atoms with E-state index < -0.39 is 11.7 Å². The SMILES string of the molecule is CC(C)(C)Cc1cccc2c1nc(Cn1cccc(N)c1=O)n2C(=O)OC(C)(C)C. The predicted octanol–water partition coefficient (Wildman–Crippen LogP) is 4.20. The molecular weight excluding hydrogens is 380 g/mol. The highest BCUT2D eigenvalue weighted by atomic mass is 16.6. The maximum absolute atomic E-state index is 13.1. The van der Waals surface area contributed by atoms with Crippen LogP contribution in [-0.4, -0.2) is 25.8 Å². The summed E-state index contributed by atoms with van der Waals surface area (Å²) in [4.78, 5) is 30.3. The van der Waals surface area contributed by atoms with Crippen molar-refractivity contribution in [3.05, 3.63) is 58.3 Å². The van der Waals surface area contributed by atoms with Crippen molar-refractivity contribution in [3.8, 4) is 0 Å². The van der Waals surface area contributed by atoms with Crippen molar-refractivity contribution in [2.75, 3.05) is 5.73 Å². The van der Waals surface area contributed by atoms with E-state index in [1.807, 2.05) is 39.0 Å². The van der Waals surface area contributed by atoms with Gasteiger partial charge in [0.1, 0.15) is 11.4 Å². The number of nitrogens with zero attached hydrogens (tertiary/aromatic N) is 3. The molecule has 0 radical (unpaired) electrons. The minimum Gasteiger partial charge on any atom is -0.443 e. The van der Waals surface area contributed by atoms with Crippen LogP contribution in [0.3, 0.4) is 0 Å². The number of hydrogen-bond donors (Lipinski definition) is 1. The summed E-state index contributed by atoms with van der Waals surface area (Å²) in [5.74, 6) is 0.424. The van der Waals surface area contributed by atoms with E-state index >= 15 is 0 Å². The average Bonchev–Trinajstić information content (AvgIpc) is 2.95. The molecule has 0 unspecified atom stereocenters. The van der Waals surface area contributed by atoms with Crippen LogP contribution in [0.1, 0.15) is 52.9 Å². The molecule has 30 heavy (non-hydrogen) atoms. The van der Waals surface area contributed by atoms with Gasteiger partial charge >= 0.3 is 6.09 Å². The first-order valence-corrected chi connectivity index (χ1v) is 10.0. The fourth-order valence-corrected chi connectivity index (χ4v) is 3.37. The largest absolute Gasteiger partial charge is 0.443 e. The first kappa shape index (κ1) is 21.6. The molecule has 0 bridgehead atoms. The number of pyridine rings is 1. The van der Waals surface area contributed by atoms with Crippen molar-refractivity contribution in [2.24, 2.45) is 5.41 Å². The Morgan fingerprint density at radius 2 is 1.80 bits per heavy atom. The smallest absolute Gasteiger partial charge is 0.420 e. The Morgan fingerprint density at radius 3 is 2.43 bits per heavy atom. The second kappa shape index (κ2) is 7.63. The molecular formula is C23H30N4O3. The Morgan fingerprint density at radius 1 is 1.10 bits per heavy atom. The van der Waals surface area contributed by atoms with Crippen LogP contribution >= 0.6 is 0 Å². The number of anilines is 1. The Kier molecular flexibility index (Phi) is 5.50. The van der Waals surface area contributed by atoms with E-state index in [0.717, 1.165) is 17.5 Å². The number of nitrogens with two attached hydrogens (primary N) is 1. The molecule has 0 aliphatic carbocycles. The van der Waals surface area contributed by atoms with E-state index in [0.29, 0.717) is 11.3 Å². The summed E-state index contributed by atoms with van der Waals surface area (Å²) in [5.41, 5.74) is 7.43. The minimum atomic E-state index is -0.665. The molecule has 0 saturated carbocycles. The third kappa shape index (κ3) is 4.72. The molecule has 7 heteroatoms. The topological polar surface area (TPSA) is 92.1 Å². The third-order valence-electron chi connectivity index (χ3n) is 4.50. The zero-order valence-electron chi connectivity index (χ0n) is 18.5. The number of imidazole rings is 1. The maximum atomic E-state index is 13.1. The number of fused-ring (bicyclic) bond motifs is 1. The van der Waals surface area contributed by atoms with Crippen LogP contribution in [0, 0.1) is 5.41 Å². The summed E-state index contributed by atoms with van der Waals surface area (Å²) < 4.78 is 8.54. The maximum Gasteiger partial charge on any atom is 0.420 e. The van der Waals surface area contributed by atoms with E-state index in [1.165, 1.54) is 9.13 Å². The molecule has 0 atom stereocenters. The van der Waals surface area contributed by atoms with Gasteiger partial charge in [-0.2, -0.15) is 0 Å². The van der Waals surface area contributed by atoms with Crippen molar-refractivity contribution in [1.82, 2.24) is 14.1 Å². The average molecular weight is 411 g/mol. The molecule has 3 rings (SSSR count). The normalized spacial score (nSPS) is 12.3. The Hall–Kier alpha value is -3.09. The van der Waals surface area contributed by atoms with Crippen molar-refractivity contribution < 1.29 is 9.53 Å². The summed E-state index contributed by atoms with van der Waals surface area (Å²) in [6.07, 6.45) is 1.91. The fourth-order valence-electron chi connectivity index (χ4n) is 3.37. The molecule has 3 aromatic rings. The van der Waals surface area contributed by atoms with Crippen molar-refractivity contribution in [2.45, 2.75) is 60.1 Å². The van der Waals surface area contributed by atoms with Crippen LogP contribution in [-0.2, 0) is 17.7 Å². The highest BCUT2D eigenvalue weighted by Crippen LogP contribution is 2.28. The number of nitrogen functional groups attached to an aromatic ring is 1. The quantitative estimate of drug-likeness (QED) is 0.699. The van der Waals surface area contributed by atoms with Gasteiger partial charge < -0.3 is 15.0 Å². The molecule has 0 aliphatic rings. The second-order valence-corrected chi connectivity index (χ2v) is 9.76. The van der Waals surface area contributed by atoms with Crippen LogP contribution in [0.25, 0.3) is 11.0 Å². The molecule has 0 saturated heterocycles. The van der Waals surface area contributed by atoms with Crippen LogP contribution in [0.2, 0.25) is 0 Å². The Labute approximate surface area is 176 Å². The first-order chi connectivity index (χ1) is 13.9. The molecule has 7 nitrogen and oxygen atoms in total. The standard InChI is InChI=1S/C23H30N4O3/c1-22(2,3)13-15-9-7-11-17-19(15)25-18(27(17)21(29)30-23(4,5)6)14-26-12-8-10-16(24)20(26)28/h7-12H,13-14,24H2,1-6H3. The lowest BCUT2D eigenvalue weighted by atomic mass is 9.88. The summed E-state index contributed by atoms with van der Waals surface area (Å²) >= 11 is 0. The van der Waals surface area contributed by atoms with E-state index in [9.17, 15) is 9.59 Å². The number of rotatable bonds is 3. The van der Waals surface area contributed by atoms with Crippen LogP contribution < -0.4 is 11.3 Å². The number of hydrogen-bond acceptors (Lipinski definition) is 5. The van der Waals surface area contributed by atoms with E-state index in [-0.39, 0.29) is 23.2 Å². The highest BCUT2D eigenvalue weighted by Gasteiger charge is 2.25. The molecule has 2 N–H and O–H groups in total. The van der Waals surface area contributed by atoms with E-state index in [1.54, 1.807) is 18.3 Å². The molecule has 2 heterocycles. The van der Waals surface area contributed by atoms with Crippen LogP contribution in [0.5, 0.6) is 0 Å². The molecule has 0 spiro atoms. The molecule has 2 aromatic heterocycles. The van der Waals surface area contributed by atoms with Crippen LogP contribution in [0.4, 0.5) is 10.5 Å². The van der Waals surface area contributed by atoms with Gasteiger partial charge in [-0.05, 0) is 56.4 Å². The molecule has 1 aromatic carbocycles. The summed E-state index contributed by atoms with van der Waals surface area (Å²) in [6.45, 7) is 12.0. The van der Waals surface area contributed by atoms with E-state index in [2.05, 4.69) is 20.8 Å². The number of aromatic nitrogens is 3. The molecule has 0 amide bonds. The van der Waals surface area contributed by atoms with Gasteiger partial charge in [0, 0.05) is 6.20 Å². The van der Waals surface area contributed by atoms with Gasteiger partial charge in [0.05, 0.1) is 23.3 Å². The number of para-hydroxylation sites is 1.